The van der Waals surface area contributed by atoms with Crippen molar-refractivity contribution in [3.63, 3.8) is 0 Å². The van der Waals surface area contributed by atoms with Crippen molar-refractivity contribution in [1.82, 2.24) is 20.4 Å². The maximum atomic E-state index is 12.7. The average Bonchev–Trinajstić information content (AvgIpc) is 3.19. The second-order valence-electron chi connectivity index (χ2n) is 7.97. The van der Waals surface area contributed by atoms with Crippen LogP contribution in [0.5, 0.6) is 0 Å². The number of nitrogens with zero attached hydrogens (tertiary/aromatic N) is 2. The van der Waals surface area contributed by atoms with Crippen molar-refractivity contribution >= 4 is 42.8 Å². The summed E-state index contributed by atoms with van der Waals surface area (Å²) in [6.07, 6.45) is 0.316. The minimum absolute atomic E-state index is 0.0278. The zero-order chi connectivity index (χ0) is 25.4. The highest BCUT2D eigenvalue weighted by atomic mass is 32.2. The minimum Gasteiger partial charge on any atom is -0.429 e. The molecule has 1 unspecified atom stereocenters. The summed E-state index contributed by atoms with van der Waals surface area (Å²) >= 11 is 1.11. The molecule has 3 N–H and O–H groups in total. The fraction of sp³-hybridized carbons (Fsp3) is 0.632. The quantitative estimate of drug-likeness (QED) is 0.161. The van der Waals surface area contributed by atoms with Crippen LogP contribution in [-0.2, 0) is 39.7 Å². The number of carbonyl (C=O) groups excluding carboxylic acids is 4. The Kier molecular flexibility index (Phi) is 10.4. The molecule has 1 aromatic rings. The predicted octanol–water partition coefficient (Wildman–Crippen LogP) is 0.565. The Hall–Kier alpha value is -2.09. The zero-order valence-electron chi connectivity index (χ0n) is 19.4. The molecule has 0 radical (unpaired) electrons. The molecule has 2 rings (SSSR count). The zero-order valence-corrected chi connectivity index (χ0v) is 21.1. The lowest BCUT2D eigenvalue weighted by molar-refractivity contribution is -0.146. The first-order valence-corrected chi connectivity index (χ1v) is 12.8. The van der Waals surface area contributed by atoms with Crippen LogP contribution in [0, 0.1) is 5.41 Å². The normalized spacial score (nSPS) is 21.5. The van der Waals surface area contributed by atoms with E-state index in [0.29, 0.717) is 12.3 Å². The Balaban J connectivity index is 1.79. The Morgan fingerprint density at radius 2 is 2.06 bits per heavy atom. The predicted molar refractivity (Wildman–Crippen MR) is 122 cm³/mol. The summed E-state index contributed by atoms with van der Waals surface area (Å²) in [4.78, 5) is 58.0. The van der Waals surface area contributed by atoms with Gasteiger partial charge in [0.05, 0.1) is 0 Å². The molecular weight excluding hydrogens is 491 g/mol. The summed E-state index contributed by atoms with van der Waals surface area (Å²) in [5, 5.41) is 9.08. The van der Waals surface area contributed by atoms with Gasteiger partial charge in [0.15, 0.2) is 11.2 Å². The van der Waals surface area contributed by atoms with Crippen LogP contribution < -0.4 is 10.6 Å². The van der Waals surface area contributed by atoms with Crippen LogP contribution in [-0.4, -0.2) is 75.9 Å². The molecule has 34 heavy (non-hydrogen) atoms. The van der Waals surface area contributed by atoms with Crippen LogP contribution >= 0.6 is 19.9 Å². The molecule has 1 aliphatic heterocycles. The maximum Gasteiger partial charge on any atom is 0.576 e. The first kappa shape index (κ1) is 28.1. The summed E-state index contributed by atoms with van der Waals surface area (Å²) in [6, 6.07) is 1.45. The lowest BCUT2D eigenvalue weighted by Gasteiger charge is -2.36. The third-order valence-electron chi connectivity index (χ3n) is 4.60. The van der Waals surface area contributed by atoms with Crippen molar-refractivity contribution in [2.75, 3.05) is 32.2 Å². The molecule has 190 valence electrons. The Morgan fingerprint density at radius 1 is 1.32 bits per heavy atom. The van der Waals surface area contributed by atoms with E-state index in [2.05, 4.69) is 15.7 Å². The molecular formula is C19H30N4O9PS+. The van der Waals surface area contributed by atoms with Gasteiger partial charge in [-0.2, -0.15) is 14.5 Å². The van der Waals surface area contributed by atoms with Crippen molar-refractivity contribution in [2.45, 2.75) is 33.3 Å². The number of aromatic nitrogens is 2. The number of amides is 2. The Morgan fingerprint density at radius 3 is 2.71 bits per heavy atom. The summed E-state index contributed by atoms with van der Waals surface area (Å²) in [7, 11) is -2.38. The molecule has 2 amide bonds. The Labute approximate surface area is 201 Å². The summed E-state index contributed by atoms with van der Waals surface area (Å²) in [6.45, 7) is 4.54. The van der Waals surface area contributed by atoms with Crippen LogP contribution in [0.2, 0.25) is 0 Å². The molecule has 0 aromatic carbocycles. The van der Waals surface area contributed by atoms with Crippen LogP contribution in [0.4, 0.5) is 0 Å². The molecule has 13 nitrogen and oxygen atoms in total. The lowest BCUT2D eigenvalue weighted by Crippen LogP contribution is -2.51. The third-order valence-corrected chi connectivity index (χ3v) is 6.78. The van der Waals surface area contributed by atoms with Gasteiger partial charge in [-0.25, -0.2) is 4.79 Å². The number of hydrogen-bond acceptors (Lipinski definition) is 11. The number of carbonyl (C=O) groups is 4. The second kappa shape index (κ2) is 12.6. The monoisotopic (exact) mass is 521 g/mol. The largest absolute Gasteiger partial charge is 0.576 e. The highest BCUT2D eigenvalue weighted by Crippen LogP contribution is 2.63. The van der Waals surface area contributed by atoms with Crippen LogP contribution in [0.1, 0.15) is 37.7 Å². The molecule has 0 aliphatic carbocycles. The number of aryl methyl sites for hydroxylation is 1. The van der Waals surface area contributed by atoms with Gasteiger partial charge in [-0.05, 0) is 6.07 Å². The number of ether oxygens (including phenoxy) is 1. The highest BCUT2D eigenvalue weighted by Gasteiger charge is 2.59. The molecule has 2 heterocycles. The van der Waals surface area contributed by atoms with E-state index in [1.54, 1.807) is 20.9 Å². The topological polar surface area (TPSA) is 167 Å². The lowest BCUT2D eigenvalue weighted by atomic mass is 9.87. The van der Waals surface area contributed by atoms with E-state index < -0.39 is 38.4 Å². The van der Waals surface area contributed by atoms with Crippen molar-refractivity contribution in [2.24, 2.45) is 12.5 Å². The molecule has 1 saturated heterocycles. The van der Waals surface area contributed by atoms with Gasteiger partial charge in [0.1, 0.15) is 12.3 Å². The van der Waals surface area contributed by atoms with Crippen molar-refractivity contribution in [1.29, 1.82) is 0 Å². The van der Waals surface area contributed by atoms with E-state index in [0.717, 1.165) is 11.8 Å². The average molecular weight is 522 g/mol. The van der Waals surface area contributed by atoms with Crippen molar-refractivity contribution in [3.8, 4) is 0 Å². The molecule has 2 atom stereocenters. The van der Waals surface area contributed by atoms with Crippen LogP contribution in [0.3, 0.4) is 0 Å². The van der Waals surface area contributed by atoms with Gasteiger partial charge >= 0.3 is 14.1 Å². The Bertz CT molecular complexity index is 897. The molecule has 0 saturated carbocycles. The molecule has 0 spiro atoms. The molecule has 15 heteroatoms. The highest BCUT2D eigenvalue weighted by molar-refractivity contribution is 8.13. The summed E-state index contributed by atoms with van der Waals surface area (Å²) in [5.74, 6) is -1.09. The van der Waals surface area contributed by atoms with Gasteiger partial charge in [0.25, 0.3) is 5.91 Å². The number of rotatable bonds is 11. The van der Waals surface area contributed by atoms with E-state index in [9.17, 15) is 24.1 Å². The molecule has 1 aromatic heterocycles. The number of esters is 1. The molecule has 0 bridgehead atoms. The maximum absolute atomic E-state index is 12.7. The van der Waals surface area contributed by atoms with E-state index in [-0.39, 0.29) is 36.3 Å². The van der Waals surface area contributed by atoms with Crippen molar-refractivity contribution in [3.05, 3.63) is 18.0 Å². The van der Waals surface area contributed by atoms with Crippen LogP contribution in [0.25, 0.3) is 0 Å². The smallest absolute Gasteiger partial charge is 0.429 e. The number of nitrogens with one attached hydrogen (secondary N) is 2. The fourth-order valence-electron chi connectivity index (χ4n) is 2.76. The van der Waals surface area contributed by atoms with Crippen molar-refractivity contribution < 1.29 is 42.4 Å². The third kappa shape index (κ3) is 8.60. The summed E-state index contributed by atoms with van der Waals surface area (Å²) < 4.78 is 22.2. The van der Waals surface area contributed by atoms with Gasteiger partial charge < -0.3 is 15.4 Å². The molecule has 1 fully saturated rings. The second-order valence-corrected chi connectivity index (χ2v) is 10.9. The minimum atomic E-state index is -3.95. The van der Waals surface area contributed by atoms with E-state index >= 15 is 0 Å². The van der Waals surface area contributed by atoms with E-state index in [1.165, 1.54) is 23.9 Å². The van der Waals surface area contributed by atoms with Gasteiger partial charge in [0, 0.05) is 50.8 Å². The first-order chi connectivity index (χ1) is 15.9. The van der Waals surface area contributed by atoms with Gasteiger partial charge in [-0.15, -0.1) is 9.05 Å². The number of thioether (sulfide) groups is 1. The summed E-state index contributed by atoms with van der Waals surface area (Å²) in [5.41, 5.74) is -0.628. The first-order valence-electron chi connectivity index (χ1n) is 10.4. The fourth-order valence-corrected chi connectivity index (χ4v) is 4.78. The SMILES string of the molecule is CC(=O)SCCNC(=O)CCNC(=O)[C@@H]1O[P+](O)(OCOC(=O)c2ccnn2C)OCC1(C)C. The van der Waals surface area contributed by atoms with Crippen LogP contribution in [0.15, 0.2) is 12.3 Å². The van der Waals surface area contributed by atoms with Gasteiger partial charge in [-0.1, -0.05) is 25.6 Å². The van der Waals surface area contributed by atoms with Gasteiger partial charge in [-0.3, -0.25) is 19.1 Å². The molecule has 1 aliphatic rings. The van der Waals surface area contributed by atoms with E-state index in [1.807, 2.05) is 0 Å². The van der Waals surface area contributed by atoms with Gasteiger partial charge in [0.2, 0.25) is 12.7 Å². The van der Waals surface area contributed by atoms with E-state index in [4.69, 9.17) is 18.3 Å². The standard InChI is InChI=1S/C19H29N4O9PS/c1-13(24)34-10-9-20-15(25)6-7-21-17(26)16-19(2,3)11-30-33(28,32-16)31-12-29-18(27)14-5-8-22-23(14)4/h5,8,16,28H,6-7,9-12H2,1-4H3,(H-,20,21,25,26)/p+1/t16-,33?/m0/s1. The number of hydrogen-bond donors (Lipinski definition) is 3.